The molecule has 2 heteroatoms. The summed E-state index contributed by atoms with van der Waals surface area (Å²) in [7, 11) is 4.15. The molecule has 0 aliphatic carbocycles. The molecule has 1 saturated heterocycles. The van der Waals surface area contributed by atoms with Crippen LogP contribution in [0.5, 0.6) is 0 Å². The second-order valence-electron chi connectivity index (χ2n) is 4.68. The molecule has 2 atom stereocenters. The molecule has 1 aromatic rings. The van der Waals surface area contributed by atoms with Crippen LogP contribution in [0.1, 0.15) is 24.9 Å². The predicted molar refractivity (Wildman–Crippen MR) is 65.3 cm³/mol. The Labute approximate surface area is 92.3 Å². The van der Waals surface area contributed by atoms with Gasteiger partial charge in [-0.2, -0.15) is 0 Å². The standard InChI is InChI=1S/C13H20N2/c1-10-8-9-14-13(10)11-4-6-12(7-5-11)15(2)3/h4-7,10,13-14H,8-9H2,1-3H3. The van der Waals surface area contributed by atoms with Crippen LogP contribution in [-0.4, -0.2) is 20.6 Å². The Morgan fingerprint density at radius 2 is 1.87 bits per heavy atom. The third kappa shape index (κ3) is 2.15. The zero-order valence-electron chi connectivity index (χ0n) is 9.83. The van der Waals surface area contributed by atoms with Gasteiger partial charge < -0.3 is 10.2 Å². The molecule has 0 aromatic heterocycles. The topological polar surface area (TPSA) is 15.3 Å². The molecule has 1 aliphatic heterocycles. The molecule has 0 bridgehead atoms. The third-order valence-corrected chi connectivity index (χ3v) is 3.30. The van der Waals surface area contributed by atoms with Crippen LogP contribution in [0.15, 0.2) is 24.3 Å². The molecule has 1 aliphatic rings. The summed E-state index contributed by atoms with van der Waals surface area (Å²) in [5.74, 6) is 0.759. The monoisotopic (exact) mass is 204 g/mol. The van der Waals surface area contributed by atoms with Crippen LogP contribution in [0.25, 0.3) is 0 Å². The average molecular weight is 204 g/mol. The molecule has 2 unspecified atom stereocenters. The van der Waals surface area contributed by atoms with Crippen LogP contribution in [0, 0.1) is 5.92 Å². The highest BCUT2D eigenvalue weighted by Gasteiger charge is 2.23. The van der Waals surface area contributed by atoms with Crippen LogP contribution in [0.3, 0.4) is 0 Å². The van der Waals surface area contributed by atoms with Gasteiger partial charge in [-0.3, -0.25) is 0 Å². The normalized spacial score (nSPS) is 25.5. The third-order valence-electron chi connectivity index (χ3n) is 3.30. The van der Waals surface area contributed by atoms with Crippen LogP contribution < -0.4 is 10.2 Å². The summed E-state index contributed by atoms with van der Waals surface area (Å²) >= 11 is 0. The summed E-state index contributed by atoms with van der Waals surface area (Å²) < 4.78 is 0. The van der Waals surface area contributed by atoms with Gasteiger partial charge >= 0.3 is 0 Å². The van der Waals surface area contributed by atoms with Crippen LogP contribution in [0.4, 0.5) is 5.69 Å². The van der Waals surface area contributed by atoms with Gasteiger partial charge in [0, 0.05) is 25.8 Å². The molecule has 2 nitrogen and oxygen atoms in total. The first kappa shape index (κ1) is 10.5. The van der Waals surface area contributed by atoms with E-state index in [1.54, 1.807) is 0 Å². The van der Waals surface area contributed by atoms with Gasteiger partial charge in [-0.05, 0) is 36.6 Å². The minimum Gasteiger partial charge on any atom is -0.378 e. The Balaban J connectivity index is 2.16. The van der Waals surface area contributed by atoms with Crippen molar-refractivity contribution < 1.29 is 0 Å². The van der Waals surface area contributed by atoms with E-state index in [9.17, 15) is 0 Å². The number of nitrogens with one attached hydrogen (secondary N) is 1. The zero-order valence-corrected chi connectivity index (χ0v) is 9.83. The van der Waals surface area contributed by atoms with E-state index < -0.39 is 0 Å². The summed E-state index contributed by atoms with van der Waals surface area (Å²) in [5, 5.41) is 3.56. The van der Waals surface area contributed by atoms with Crippen molar-refractivity contribution in [2.45, 2.75) is 19.4 Å². The molecule has 0 amide bonds. The summed E-state index contributed by atoms with van der Waals surface area (Å²) in [6.07, 6.45) is 1.29. The van der Waals surface area contributed by atoms with Crippen molar-refractivity contribution in [1.29, 1.82) is 0 Å². The van der Waals surface area contributed by atoms with Gasteiger partial charge in [0.25, 0.3) is 0 Å². The summed E-state index contributed by atoms with van der Waals surface area (Å²) in [6, 6.07) is 9.44. The summed E-state index contributed by atoms with van der Waals surface area (Å²) in [6.45, 7) is 3.48. The summed E-state index contributed by atoms with van der Waals surface area (Å²) in [5.41, 5.74) is 2.69. The highest BCUT2D eigenvalue weighted by Crippen LogP contribution is 2.29. The number of nitrogens with zero attached hydrogens (tertiary/aromatic N) is 1. The van der Waals surface area contributed by atoms with Crippen LogP contribution >= 0.6 is 0 Å². The minimum atomic E-state index is 0.557. The molecular weight excluding hydrogens is 184 g/mol. The van der Waals surface area contributed by atoms with Crippen LogP contribution in [0.2, 0.25) is 0 Å². The quantitative estimate of drug-likeness (QED) is 0.796. The maximum Gasteiger partial charge on any atom is 0.0361 e. The molecule has 1 heterocycles. The van der Waals surface area contributed by atoms with Gasteiger partial charge in [0.15, 0.2) is 0 Å². The minimum absolute atomic E-state index is 0.557. The van der Waals surface area contributed by atoms with Crippen molar-refractivity contribution in [3.05, 3.63) is 29.8 Å². The molecule has 1 aromatic carbocycles. The maximum atomic E-state index is 3.56. The average Bonchev–Trinajstić information content (AvgIpc) is 2.65. The Hall–Kier alpha value is -1.02. The molecule has 0 radical (unpaired) electrons. The van der Waals surface area contributed by atoms with Crippen LogP contribution in [-0.2, 0) is 0 Å². The number of hydrogen-bond acceptors (Lipinski definition) is 2. The van der Waals surface area contributed by atoms with Crippen molar-refractivity contribution in [3.63, 3.8) is 0 Å². The Kier molecular flexibility index (Phi) is 2.96. The predicted octanol–water partition coefficient (Wildman–Crippen LogP) is 2.42. The van der Waals surface area contributed by atoms with E-state index in [0.717, 1.165) is 12.5 Å². The van der Waals surface area contributed by atoms with E-state index in [1.807, 2.05) is 0 Å². The Bertz CT molecular complexity index is 316. The van der Waals surface area contributed by atoms with E-state index in [2.05, 4.69) is 55.5 Å². The lowest BCUT2D eigenvalue weighted by molar-refractivity contribution is 0.504. The van der Waals surface area contributed by atoms with Crippen molar-refractivity contribution in [2.24, 2.45) is 5.92 Å². The maximum absolute atomic E-state index is 3.56. The number of anilines is 1. The van der Waals surface area contributed by atoms with Gasteiger partial charge in [0.2, 0.25) is 0 Å². The van der Waals surface area contributed by atoms with E-state index in [0.29, 0.717) is 6.04 Å². The van der Waals surface area contributed by atoms with Gasteiger partial charge in [0.05, 0.1) is 0 Å². The van der Waals surface area contributed by atoms with Gasteiger partial charge in [-0.15, -0.1) is 0 Å². The molecule has 1 fully saturated rings. The highest BCUT2D eigenvalue weighted by atomic mass is 15.1. The Morgan fingerprint density at radius 3 is 2.33 bits per heavy atom. The largest absolute Gasteiger partial charge is 0.378 e. The number of rotatable bonds is 2. The van der Waals surface area contributed by atoms with Gasteiger partial charge in [-0.25, -0.2) is 0 Å². The van der Waals surface area contributed by atoms with E-state index >= 15 is 0 Å². The first-order valence-corrected chi connectivity index (χ1v) is 5.69. The zero-order chi connectivity index (χ0) is 10.8. The van der Waals surface area contributed by atoms with Crippen molar-refractivity contribution >= 4 is 5.69 Å². The van der Waals surface area contributed by atoms with E-state index in [1.165, 1.54) is 17.7 Å². The lowest BCUT2D eigenvalue weighted by Gasteiger charge is -2.18. The molecule has 15 heavy (non-hydrogen) atoms. The molecule has 2 rings (SSSR count). The fraction of sp³-hybridized carbons (Fsp3) is 0.538. The molecule has 1 N–H and O–H groups in total. The summed E-state index contributed by atoms with van der Waals surface area (Å²) in [4.78, 5) is 2.13. The first-order valence-electron chi connectivity index (χ1n) is 5.69. The fourth-order valence-electron chi connectivity index (χ4n) is 2.26. The number of benzene rings is 1. The molecule has 82 valence electrons. The fourth-order valence-corrected chi connectivity index (χ4v) is 2.26. The number of hydrogen-bond donors (Lipinski definition) is 1. The SMILES string of the molecule is CC1CCNC1c1ccc(N(C)C)cc1. The second-order valence-corrected chi connectivity index (χ2v) is 4.68. The molecular formula is C13H20N2. The van der Waals surface area contributed by atoms with Gasteiger partial charge in [-0.1, -0.05) is 19.1 Å². The smallest absolute Gasteiger partial charge is 0.0361 e. The first-order chi connectivity index (χ1) is 7.18. The lowest BCUT2D eigenvalue weighted by Crippen LogP contribution is -2.16. The molecule has 0 spiro atoms. The molecule has 0 saturated carbocycles. The Morgan fingerprint density at radius 1 is 1.20 bits per heavy atom. The van der Waals surface area contributed by atoms with E-state index in [4.69, 9.17) is 0 Å². The van der Waals surface area contributed by atoms with Crippen molar-refractivity contribution in [2.75, 3.05) is 25.5 Å². The van der Waals surface area contributed by atoms with Crippen molar-refractivity contribution in [1.82, 2.24) is 5.32 Å². The van der Waals surface area contributed by atoms with Crippen molar-refractivity contribution in [3.8, 4) is 0 Å². The lowest BCUT2D eigenvalue weighted by atomic mass is 9.96. The van der Waals surface area contributed by atoms with Gasteiger partial charge in [0.1, 0.15) is 0 Å². The van der Waals surface area contributed by atoms with E-state index in [-0.39, 0.29) is 0 Å². The second kappa shape index (κ2) is 4.23. The highest BCUT2D eigenvalue weighted by molar-refractivity contribution is 5.46.